The predicted molar refractivity (Wildman–Crippen MR) is 66.1 cm³/mol. The number of amides is 1. The Balaban J connectivity index is 2.35. The van der Waals surface area contributed by atoms with Crippen LogP contribution >= 0.6 is 0 Å². The predicted octanol–water partition coefficient (Wildman–Crippen LogP) is -0.330. The van der Waals surface area contributed by atoms with Gasteiger partial charge in [0.1, 0.15) is 6.04 Å². The second-order valence-corrected chi connectivity index (χ2v) is 4.71. The van der Waals surface area contributed by atoms with E-state index < -0.39 is 12.0 Å². The van der Waals surface area contributed by atoms with Crippen molar-refractivity contribution in [1.29, 1.82) is 0 Å². The van der Waals surface area contributed by atoms with Crippen LogP contribution in [0.4, 0.5) is 0 Å². The summed E-state index contributed by atoms with van der Waals surface area (Å²) in [4.78, 5) is 24.2. The van der Waals surface area contributed by atoms with Gasteiger partial charge in [-0.05, 0) is 32.2 Å². The number of carboxylic acid groups (broad SMARTS) is 1. The zero-order valence-electron chi connectivity index (χ0n) is 10.8. The highest BCUT2D eigenvalue weighted by molar-refractivity contribution is 5.76. The van der Waals surface area contributed by atoms with Crippen molar-refractivity contribution in [2.75, 3.05) is 26.7 Å². The average Bonchev–Trinajstić information content (AvgIpc) is 2.36. The lowest BCUT2D eigenvalue weighted by Crippen LogP contribution is -2.42. The number of nitrogens with zero attached hydrogens (tertiary/aromatic N) is 1. The average molecular weight is 258 g/mol. The van der Waals surface area contributed by atoms with E-state index in [9.17, 15) is 9.59 Å². The van der Waals surface area contributed by atoms with Crippen LogP contribution in [0.1, 0.15) is 25.7 Å². The van der Waals surface area contributed by atoms with E-state index in [-0.39, 0.29) is 18.9 Å². The number of carbonyl (C=O) groups excluding carboxylic acids is 1. The Morgan fingerprint density at radius 3 is 2.44 bits per heavy atom. The lowest BCUT2D eigenvalue weighted by atomic mass is 9.90. The van der Waals surface area contributed by atoms with Gasteiger partial charge in [-0.2, -0.15) is 0 Å². The molecule has 0 aromatic heterocycles. The summed E-state index contributed by atoms with van der Waals surface area (Å²) >= 11 is 0. The molecule has 1 heterocycles. The third kappa shape index (κ3) is 4.27. The van der Waals surface area contributed by atoms with E-state index in [1.165, 1.54) is 0 Å². The smallest absolute Gasteiger partial charge is 0.320 e. The molecular formula is C12H22N2O4. The highest BCUT2D eigenvalue weighted by Gasteiger charge is 2.26. The summed E-state index contributed by atoms with van der Waals surface area (Å²) in [5.74, 6) is -0.493. The molecule has 18 heavy (non-hydrogen) atoms. The van der Waals surface area contributed by atoms with Crippen LogP contribution in [0.25, 0.3) is 0 Å². The fraction of sp³-hybridized carbons (Fsp3) is 0.833. The van der Waals surface area contributed by atoms with Crippen LogP contribution < -0.4 is 5.32 Å². The van der Waals surface area contributed by atoms with Gasteiger partial charge in [-0.25, -0.2) is 0 Å². The van der Waals surface area contributed by atoms with Crippen LogP contribution in [0, 0.1) is 5.92 Å². The van der Waals surface area contributed by atoms with E-state index in [0.717, 1.165) is 12.8 Å². The molecule has 3 N–H and O–H groups in total. The van der Waals surface area contributed by atoms with Crippen LogP contribution in [0.5, 0.6) is 0 Å². The first-order chi connectivity index (χ1) is 8.58. The number of carboxylic acids is 1. The maximum Gasteiger partial charge on any atom is 0.320 e. The van der Waals surface area contributed by atoms with Crippen LogP contribution in [-0.2, 0) is 9.59 Å². The minimum Gasteiger partial charge on any atom is -0.480 e. The molecule has 0 bridgehead atoms. The lowest BCUT2D eigenvalue weighted by Gasteiger charge is -2.33. The van der Waals surface area contributed by atoms with Crippen molar-refractivity contribution in [2.45, 2.75) is 31.7 Å². The summed E-state index contributed by atoms with van der Waals surface area (Å²) in [6, 6.07) is -0.505. The summed E-state index contributed by atoms with van der Waals surface area (Å²) in [7, 11) is 1.65. The lowest BCUT2D eigenvalue weighted by molar-refractivity contribution is -0.140. The molecule has 0 spiro atoms. The number of carbonyl (C=O) groups is 2. The Bertz CT molecular complexity index is 288. The van der Waals surface area contributed by atoms with Crippen molar-refractivity contribution in [1.82, 2.24) is 10.2 Å². The molecule has 0 aliphatic carbocycles. The quantitative estimate of drug-likeness (QED) is 0.607. The van der Waals surface area contributed by atoms with Crippen LogP contribution in [0.3, 0.4) is 0 Å². The minimum atomic E-state index is -0.823. The third-order valence-electron chi connectivity index (χ3n) is 3.51. The molecule has 0 aromatic carbocycles. The first-order valence-electron chi connectivity index (χ1n) is 6.37. The molecule has 6 nitrogen and oxygen atoms in total. The minimum absolute atomic E-state index is 0.0145. The number of rotatable bonds is 6. The van der Waals surface area contributed by atoms with Crippen molar-refractivity contribution in [3.63, 3.8) is 0 Å². The summed E-state index contributed by atoms with van der Waals surface area (Å²) in [6.45, 7) is 1.22. The maximum atomic E-state index is 11.6. The van der Waals surface area contributed by atoms with E-state index in [2.05, 4.69) is 5.32 Å². The molecule has 1 amide bonds. The number of aliphatic hydroxyl groups excluding tert-OH is 1. The number of hydrogen-bond acceptors (Lipinski definition) is 4. The van der Waals surface area contributed by atoms with E-state index >= 15 is 0 Å². The van der Waals surface area contributed by atoms with Gasteiger partial charge >= 0.3 is 5.97 Å². The first kappa shape index (κ1) is 14.9. The number of hydrogen-bond donors (Lipinski definition) is 3. The van der Waals surface area contributed by atoms with Crippen LogP contribution in [0.2, 0.25) is 0 Å². The van der Waals surface area contributed by atoms with E-state index in [0.29, 0.717) is 25.4 Å². The maximum absolute atomic E-state index is 11.6. The highest BCUT2D eigenvalue weighted by atomic mass is 16.4. The molecule has 0 radical (unpaired) electrons. The third-order valence-corrected chi connectivity index (χ3v) is 3.51. The van der Waals surface area contributed by atoms with E-state index in [1.807, 2.05) is 0 Å². The van der Waals surface area contributed by atoms with Crippen molar-refractivity contribution < 1.29 is 19.8 Å². The number of aliphatic hydroxyl groups is 1. The van der Waals surface area contributed by atoms with Crippen LogP contribution in [-0.4, -0.2) is 59.8 Å². The zero-order valence-corrected chi connectivity index (χ0v) is 10.8. The molecule has 104 valence electrons. The van der Waals surface area contributed by atoms with Gasteiger partial charge in [-0.15, -0.1) is 0 Å². The molecule has 1 saturated heterocycles. The van der Waals surface area contributed by atoms with Crippen molar-refractivity contribution in [3.05, 3.63) is 0 Å². The SMILES string of the molecule is CN[C@@H](CC1CCN(C(=O)CCO)CC1)C(=O)O. The fourth-order valence-corrected chi connectivity index (χ4v) is 2.35. The normalized spacial score (nSPS) is 18.7. The van der Waals surface area contributed by atoms with Gasteiger partial charge in [0.15, 0.2) is 0 Å². The molecule has 0 aromatic rings. The van der Waals surface area contributed by atoms with Gasteiger partial charge in [0.2, 0.25) is 5.91 Å². The van der Waals surface area contributed by atoms with Gasteiger partial charge in [0, 0.05) is 19.5 Å². The van der Waals surface area contributed by atoms with Gasteiger partial charge in [-0.1, -0.05) is 0 Å². The Kier molecular flexibility index (Phi) is 6.07. The van der Waals surface area contributed by atoms with Crippen molar-refractivity contribution in [3.8, 4) is 0 Å². The Morgan fingerprint density at radius 2 is 2.00 bits per heavy atom. The van der Waals surface area contributed by atoms with E-state index in [4.69, 9.17) is 10.2 Å². The highest BCUT2D eigenvalue weighted by Crippen LogP contribution is 2.22. The first-order valence-corrected chi connectivity index (χ1v) is 6.37. The molecule has 1 aliphatic heterocycles. The number of likely N-dealkylation sites (tertiary alicyclic amines) is 1. The second kappa shape index (κ2) is 7.33. The Hall–Kier alpha value is -1.14. The number of nitrogens with one attached hydrogen (secondary N) is 1. The molecule has 1 aliphatic rings. The number of aliphatic carboxylic acids is 1. The molecule has 0 saturated carbocycles. The second-order valence-electron chi connectivity index (χ2n) is 4.71. The van der Waals surface area contributed by atoms with E-state index in [1.54, 1.807) is 11.9 Å². The number of piperidine rings is 1. The standard InChI is InChI=1S/C12H22N2O4/c1-13-10(12(17)18)8-9-2-5-14(6-3-9)11(16)4-7-15/h9-10,13,15H,2-8H2,1H3,(H,17,18)/t10-/m0/s1. The summed E-state index contributed by atoms with van der Waals surface area (Å²) in [5.41, 5.74) is 0. The molecule has 1 fully saturated rings. The summed E-state index contributed by atoms with van der Waals surface area (Å²) in [6.07, 6.45) is 2.46. The zero-order chi connectivity index (χ0) is 13.5. The molecule has 0 unspecified atom stereocenters. The largest absolute Gasteiger partial charge is 0.480 e. The monoisotopic (exact) mass is 258 g/mol. The summed E-state index contributed by atoms with van der Waals surface area (Å²) in [5, 5.41) is 20.5. The topological polar surface area (TPSA) is 89.9 Å². The Labute approximate surface area is 107 Å². The molecule has 1 atom stereocenters. The molecule has 6 heteroatoms. The summed E-state index contributed by atoms with van der Waals surface area (Å²) < 4.78 is 0. The van der Waals surface area contributed by atoms with Crippen molar-refractivity contribution >= 4 is 11.9 Å². The van der Waals surface area contributed by atoms with Gasteiger partial charge in [-0.3, -0.25) is 9.59 Å². The van der Waals surface area contributed by atoms with Gasteiger partial charge in [0.25, 0.3) is 0 Å². The molecular weight excluding hydrogens is 236 g/mol. The van der Waals surface area contributed by atoms with Crippen molar-refractivity contribution in [2.24, 2.45) is 5.92 Å². The number of likely N-dealkylation sites (N-methyl/N-ethyl adjacent to an activating group) is 1. The Morgan fingerprint density at radius 1 is 1.39 bits per heavy atom. The van der Waals surface area contributed by atoms with Gasteiger partial charge in [0.05, 0.1) is 6.61 Å². The van der Waals surface area contributed by atoms with Crippen LogP contribution in [0.15, 0.2) is 0 Å². The fourth-order valence-electron chi connectivity index (χ4n) is 2.35. The van der Waals surface area contributed by atoms with Gasteiger partial charge < -0.3 is 20.4 Å². The molecule has 1 rings (SSSR count).